The molecule has 1 atom stereocenters. The average Bonchev–Trinajstić information content (AvgIpc) is 1.98. The zero-order chi connectivity index (χ0) is 10.6. The molecule has 1 fully saturated rings. The highest BCUT2D eigenvalue weighted by molar-refractivity contribution is 5.82. The molecular weight excluding hydrogens is 186 g/mol. The van der Waals surface area contributed by atoms with Crippen LogP contribution in [-0.4, -0.2) is 35.7 Å². The van der Waals surface area contributed by atoms with Crippen LogP contribution in [0.3, 0.4) is 0 Å². The van der Waals surface area contributed by atoms with E-state index >= 15 is 0 Å². The summed E-state index contributed by atoms with van der Waals surface area (Å²) in [7, 11) is 0. The molecule has 14 heavy (non-hydrogen) atoms. The summed E-state index contributed by atoms with van der Waals surface area (Å²) in [5.74, 6) is -1.41. The monoisotopic (exact) mass is 201 g/mol. The molecule has 0 aromatic rings. The minimum atomic E-state index is -1.06. The van der Waals surface area contributed by atoms with Crippen molar-refractivity contribution in [2.24, 2.45) is 0 Å². The Morgan fingerprint density at radius 2 is 2.21 bits per heavy atom. The van der Waals surface area contributed by atoms with Crippen LogP contribution in [0.2, 0.25) is 0 Å². The number of carboxylic acids is 1. The minimum absolute atomic E-state index is 0.0551. The zero-order valence-electron chi connectivity index (χ0n) is 8.16. The molecule has 0 aromatic carbocycles. The van der Waals surface area contributed by atoms with Crippen molar-refractivity contribution in [3.63, 3.8) is 0 Å². The van der Waals surface area contributed by atoms with Gasteiger partial charge in [0, 0.05) is 6.92 Å². The summed E-state index contributed by atoms with van der Waals surface area (Å²) in [5.41, 5.74) is 0. The molecule has 80 valence electrons. The standard InChI is InChI=1S/C9H15NO4/c1-6(11)10-8(9(12)13)5-14-7-3-2-4-7/h7-8H,2-5H2,1H3,(H,10,11)(H,12,13). The van der Waals surface area contributed by atoms with Gasteiger partial charge in [0.1, 0.15) is 0 Å². The lowest BCUT2D eigenvalue weighted by Crippen LogP contribution is -2.44. The maximum absolute atomic E-state index is 10.7. The summed E-state index contributed by atoms with van der Waals surface area (Å²) in [6.45, 7) is 1.35. The number of carbonyl (C=O) groups is 2. The van der Waals surface area contributed by atoms with E-state index in [0.717, 1.165) is 19.3 Å². The van der Waals surface area contributed by atoms with Crippen LogP contribution < -0.4 is 5.32 Å². The second-order valence-electron chi connectivity index (χ2n) is 3.48. The Labute approximate surface area is 82.4 Å². The zero-order valence-corrected chi connectivity index (χ0v) is 8.16. The molecule has 0 saturated heterocycles. The fraction of sp³-hybridized carbons (Fsp3) is 0.778. The predicted octanol–water partition coefficient (Wildman–Crippen LogP) is 0.145. The van der Waals surface area contributed by atoms with Crippen LogP contribution in [0.15, 0.2) is 0 Å². The normalized spacial score (nSPS) is 18.4. The molecular formula is C9H15NO4. The van der Waals surface area contributed by atoms with Crippen LogP contribution in [0.4, 0.5) is 0 Å². The van der Waals surface area contributed by atoms with E-state index in [1.165, 1.54) is 6.92 Å². The Kier molecular flexibility index (Phi) is 3.88. The molecule has 1 aliphatic rings. The summed E-state index contributed by atoms with van der Waals surface area (Å²) in [6, 6.07) is -0.923. The number of carboxylic acid groups (broad SMARTS) is 1. The van der Waals surface area contributed by atoms with Crippen LogP contribution in [0.25, 0.3) is 0 Å². The van der Waals surface area contributed by atoms with Crippen molar-refractivity contribution >= 4 is 11.9 Å². The van der Waals surface area contributed by atoms with Gasteiger partial charge < -0.3 is 15.2 Å². The number of ether oxygens (including phenoxy) is 1. The molecule has 1 aliphatic carbocycles. The smallest absolute Gasteiger partial charge is 0.328 e. The van der Waals surface area contributed by atoms with E-state index in [4.69, 9.17) is 9.84 Å². The first kappa shape index (κ1) is 11.0. The predicted molar refractivity (Wildman–Crippen MR) is 48.8 cm³/mol. The fourth-order valence-corrected chi connectivity index (χ4v) is 1.19. The number of hydrogen-bond donors (Lipinski definition) is 2. The first-order valence-electron chi connectivity index (χ1n) is 4.71. The highest BCUT2D eigenvalue weighted by Crippen LogP contribution is 2.21. The Balaban J connectivity index is 2.26. The van der Waals surface area contributed by atoms with E-state index in [9.17, 15) is 9.59 Å². The van der Waals surface area contributed by atoms with Crippen molar-refractivity contribution in [1.82, 2.24) is 5.32 Å². The summed E-state index contributed by atoms with van der Waals surface area (Å²) < 4.78 is 5.31. The lowest BCUT2D eigenvalue weighted by Gasteiger charge is -2.27. The SMILES string of the molecule is CC(=O)NC(COC1CCC1)C(=O)O. The van der Waals surface area contributed by atoms with E-state index in [2.05, 4.69) is 5.32 Å². The van der Waals surface area contributed by atoms with Gasteiger partial charge in [0.15, 0.2) is 6.04 Å². The summed E-state index contributed by atoms with van der Waals surface area (Å²) in [6.07, 6.45) is 3.31. The highest BCUT2D eigenvalue weighted by Gasteiger charge is 2.23. The van der Waals surface area contributed by atoms with Crippen molar-refractivity contribution in [2.45, 2.75) is 38.3 Å². The van der Waals surface area contributed by atoms with Crippen molar-refractivity contribution < 1.29 is 19.4 Å². The van der Waals surface area contributed by atoms with Crippen molar-refractivity contribution in [1.29, 1.82) is 0 Å². The largest absolute Gasteiger partial charge is 0.480 e. The van der Waals surface area contributed by atoms with Gasteiger partial charge in [0.05, 0.1) is 12.7 Å². The second-order valence-corrected chi connectivity index (χ2v) is 3.48. The number of amides is 1. The van der Waals surface area contributed by atoms with Gasteiger partial charge in [-0.3, -0.25) is 4.79 Å². The molecule has 5 nitrogen and oxygen atoms in total. The van der Waals surface area contributed by atoms with Crippen LogP contribution in [-0.2, 0) is 14.3 Å². The number of aliphatic carboxylic acids is 1. The van der Waals surface area contributed by atoms with Gasteiger partial charge in [0.25, 0.3) is 0 Å². The molecule has 2 N–H and O–H groups in total. The third kappa shape index (κ3) is 3.33. The van der Waals surface area contributed by atoms with Gasteiger partial charge >= 0.3 is 5.97 Å². The Morgan fingerprint density at radius 1 is 1.57 bits per heavy atom. The van der Waals surface area contributed by atoms with E-state index in [1.54, 1.807) is 0 Å². The van der Waals surface area contributed by atoms with Gasteiger partial charge in [-0.2, -0.15) is 0 Å². The molecule has 0 aromatic heterocycles. The molecule has 0 radical (unpaired) electrons. The third-order valence-corrected chi connectivity index (χ3v) is 2.23. The molecule has 0 bridgehead atoms. The molecule has 1 amide bonds. The van der Waals surface area contributed by atoms with Crippen molar-refractivity contribution in [3.05, 3.63) is 0 Å². The fourth-order valence-electron chi connectivity index (χ4n) is 1.19. The van der Waals surface area contributed by atoms with Crippen molar-refractivity contribution in [2.75, 3.05) is 6.61 Å². The third-order valence-electron chi connectivity index (χ3n) is 2.23. The number of carbonyl (C=O) groups excluding carboxylic acids is 1. The number of nitrogens with one attached hydrogen (secondary N) is 1. The first-order valence-corrected chi connectivity index (χ1v) is 4.71. The van der Waals surface area contributed by atoms with Crippen LogP contribution in [0.1, 0.15) is 26.2 Å². The van der Waals surface area contributed by atoms with Gasteiger partial charge in [-0.05, 0) is 19.3 Å². The van der Waals surface area contributed by atoms with E-state index in [0.29, 0.717) is 0 Å². The maximum atomic E-state index is 10.7. The molecule has 0 spiro atoms. The Hall–Kier alpha value is -1.10. The molecule has 0 heterocycles. The molecule has 1 saturated carbocycles. The van der Waals surface area contributed by atoms with Crippen LogP contribution in [0, 0.1) is 0 Å². The second kappa shape index (κ2) is 4.95. The number of hydrogen-bond acceptors (Lipinski definition) is 3. The topological polar surface area (TPSA) is 75.6 Å². The molecule has 1 unspecified atom stereocenters. The van der Waals surface area contributed by atoms with Crippen LogP contribution in [0.5, 0.6) is 0 Å². The lowest BCUT2D eigenvalue weighted by molar-refractivity contribution is -0.144. The minimum Gasteiger partial charge on any atom is -0.480 e. The van der Waals surface area contributed by atoms with Gasteiger partial charge in [0.2, 0.25) is 5.91 Å². The summed E-state index contributed by atoms with van der Waals surface area (Å²) >= 11 is 0. The number of rotatable bonds is 5. The van der Waals surface area contributed by atoms with E-state index in [-0.39, 0.29) is 18.6 Å². The first-order chi connectivity index (χ1) is 6.59. The molecule has 1 rings (SSSR count). The van der Waals surface area contributed by atoms with Crippen molar-refractivity contribution in [3.8, 4) is 0 Å². The lowest BCUT2D eigenvalue weighted by atomic mass is 9.96. The molecule has 5 heteroatoms. The maximum Gasteiger partial charge on any atom is 0.328 e. The highest BCUT2D eigenvalue weighted by atomic mass is 16.5. The van der Waals surface area contributed by atoms with Gasteiger partial charge in [-0.1, -0.05) is 0 Å². The Bertz CT molecular complexity index is 225. The van der Waals surface area contributed by atoms with Crippen LogP contribution >= 0.6 is 0 Å². The summed E-state index contributed by atoms with van der Waals surface area (Å²) in [5, 5.41) is 11.1. The molecule has 0 aliphatic heterocycles. The van der Waals surface area contributed by atoms with Gasteiger partial charge in [-0.25, -0.2) is 4.79 Å². The summed E-state index contributed by atoms with van der Waals surface area (Å²) in [4.78, 5) is 21.3. The van der Waals surface area contributed by atoms with E-state index in [1.807, 2.05) is 0 Å². The van der Waals surface area contributed by atoms with E-state index < -0.39 is 12.0 Å². The quantitative estimate of drug-likeness (QED) is 0.663. The van der Waals surface area contributed by atoms with Gasteiger partial charge in [-0.15, -0.1) is 0 Å². The Morgan fingerprint density at radius 3 is 2.57 bits per heavy atom. The average molecular weight is 201 g/mol.